The number of aryl methyl sites for hydroxylation is 2. The van der Waals surface area contributed by atoms with Crippen LogP contribution in [0.15, 0.2) is 89.8 Å². The third-order valence-electron chi connectivity index (χ3n) is 6.29. The van der Waals surface area contributed by atoms with Crippen molar-refractivity contribution in [2.45, 2.75) is 30.4 Å². The largest absolute Gasteiger partial charge is 0.495 e. The number of sulfone groups is 1. The van der Waals surface area contributed by atoms with Crippen LogP contribution in [0.25, 0.3) is 11.1 Å². The highest BCUT2D eigenvalue weighted by atomic mass is 32.2. The van der Waals surface area contributed by atoms with Gasteiger partial charge >= 0.3 is 0 Å². The van der Waals surface area contributed by atoms with Crippen LogP contribution in [-0.4, -0.2) is 40.1 Å². The summed E-state index contributed by atoms with van der Waals surface area (Å²) in [4.78, 5) is 16.7. The van der Waals surface area contributed by atoms with Gasteiger partial charge in [-0.3, -0.25) is 4.79 Å². The third-order valence-corrected chi connectivity index (χ3v) is 7.99. The number of ether oxygens (including phenoxy) is 2. The van der Waals surface area contributed by atoms with Crippen LogP contribution < -0.4 is 14.8 Å². The average molecular weight is 545 g/mol. The van der Waals surface area contributed by atoms with Gasteiger partial charge in [0.05, 0.1) is 20.0 Å². The van der Waals surface area contributed by atoms with E-state index in [0.29, 0.717) is 42.3 Å². The van der Waals surface area contributed by atoms with Crippen LogP contribution >= 0.6 is 0 Å². The van der Waals surface area contributed by atoms with Crippen LogP contribution in [0.2, 0.25) is 0 Å². The molecule has 0 saturated carbocycles. The zero-order valence-electron chi connectivity index (χ0n) is 22.3. The molecular weight excluding hydrogens is 512 g/mol. The number of methoxy groups -OCH3 is 2. The van der Waals surface area contributed by atoms with E-state index in [4.69, 9.17) is 9.47 Å². The predicted octanol–water partition coefficient (Wildman–Crippen LogP) is 5.41. The second-order valence-electron chi connectivity index (χ2n) is 9.24. The summed E-state index contributed by atoms with van der Waals surface area (Å²) in [7, 11) is -0.706. The Bertz CT molecular complexity index is 1570. The minimum atomic E-state index is -3.69. The number of hydrogen-bond donors (Lipinski definition) is 1. The monoisotopic (exact) mass is 544 g/mol. The molecule has 7 nitrogen and oxygen atoms in total. The lowest BCUT2D eigenvalue weighted by Gasteiger charge is -2.13. The molecular formula is C31H32N2O5S. The van der Waals surface area contributed by atoms with Crippen molar-refractivity contribution in [3.8, 4) is 22.8 Å². The first kappa shape index (κ1) is 27.9. The molecule has 0 radical (unpaired) electrons. The van der Waals surface area contributed by atoms with Crippen molar-refractivity contribution in [3.05, 3.63) is 107 Å². The van der Waals surface area contributed by atoms with Gasteiger partial charge in [-0.2, -0.15) is 0 Å². The number of carbonyl (C=O) groups is 1. The van der Waals surface area contributed by atoms with E-state index in [-0.39, 0.29) is 16.6 Å². The summed E-state index contributed by atoms with van der Waals surface area (Å²) < 4.78 is 37.5. The number of nitrogens with one attached hydrogen (secondary N) is 1. The zero-order valence-corrected chi connectivity index (χ0v) is 23.1. The van der Waals surface area contributed by atoms with Crippen LogP contribution in [0.4, 0.5) is 0 Å². The van der Waals surface area contributed by atoms with Crippen molar-refractivity contribution in [1.82, 2.24) is 10.3 Å². The minimum Gasteiger partial charge on any atom is -0.495 e. The first-order valence-electron chi connectivity index (χ1n) is 12.6. The maximum absolute atomic E-state index is 13.5. The van der Waals surface area contributed by atoms with Crippen molar-refractivity contribution >= 4 is 15.7 Å². The van der Waals surface area contributed by atoms with Gasteiger partial charge < -0.3 is 14.8 Å². The highest BCUT2D eigenvalue weighted by Gasteiger charge is 2.21. The molecule has 0 aliphatic carbocycles. The Morgan fingerprint density at radius 3 is 2.36 bits per heavy atom. The Balaban J connectivity index is 1.42. The number of hydrogen-bond acceptors (Lipinski definition) is 6. The summed E-state index contributed by atoms with van der Waals surface area (Å²) >= 11 is 0. The summed E-state index contributed by atoms with van der Waals surface area (Å²) in [6.07, 6.45) is 1.38. The van der Waals surface area contributed by atoms with Gasteiger partial charge in [-0.05, 0) is 60.2 Å². The summed E-state index contributed by atoms with van der Waals surface area (Å²) in [5.74, 6) is 0.292. The number of benzene rings is 3. The Labute approximate surface area is 229 Å². The third kappa shape index (κ3) is 7.23. The molecule has 0 fully saturated rings. The van der Waals surface area contributed by atoms with Crippen molar-refractivity contribution < 1.29 is 22.7 Å². The normalized spacial score (nSPS) is 11.2. The fourth-order valence-electron chi connectivity index (χ4n) is 4.34. The van der Waals surface area contributed by atoms with Crippen molar-refractivity contribution in [3.63, 3.8) is 0 Å². The zero-order chi connectivity index (χ0) is 27.8. The summed E-state index contributed by atoms with van der Waals surface area (Å²) in [6.45, 7) is 2.46. The highest BCUT2D eigenvalue weighted by molar-refractivity contribution is 7.90. The lowest BCUT2D eigenvalue weighted by atomic mass is 10.0. The molecule has 202 valence electrons. The molecule has 1 aromatic heterocycles. The number of amides is 1. The Hall–Kier alpha value is -4.17. The van der Waals surface area contributed by atoms with E-state index in [1.165, 1.54) is 14.2 Å². The van der Waals surface area contributed by atoms with E-state index in [0.717, 1.165) is 22.3 Å². The predicted molar refractivity (Wildman–Crippen MR) is 152 cm³/mol. The highest BCUT2D eigenvalue weighted by Crippen LogP contribution is 2.32. The average Bonchev–Trinajstić information content (AvgIpc) is 2.95. The fourth-order valence-corrected chi connectivity index (χ4v) is 5.87. The van der Waals surface area contributed by atoms with Crippen molar-refractivity contribution in [2.24, 2.45) is 0 Å². The molecule has 0 bridgehead atoms. The van der Waals surface area contributed by atoms with Gasteiger partial charge in [-0.15, -0.1) is 0 Å². The van der Waals surface area contributed by atoms with Gasteiger partial charge in [-0.1, -0.05) is 66.2 Å². The van der Waals surface area contributed by atoms with Gasteiger partial charge in [0, 0.05) is 12.6 Å². The number of aromatic nitrogens is 1. The minimum absolute atomic E-state index is 0.146. The summed E-state index contributed by atoms with van der Waals surface area (Å²) in [5, 5.41) is 2.86. The molecule has 0 unspecified atom stereocenters. The van der Waals surface area contributed by atoms with Crippen LogP contribution in [0.1, 0.15) is 33.6 Å². The molecule has 0 atom stereocenters. The molecule has 4 aromatic rings. The number of pyridine rings is 1. The van der Waals surface area contributed by atoms with Crippen molar-refractivity contribution in [1.29, 1.82) is 0 Å². The number of carbonyl (C=O) groups excluding carboxylic acids is 1. The van der Waals surface area contributed by atoms with Gasteiger partial charge in [0.2, 0.25) is 5.88 Å². The molecule has 3 aromatic carbocycles. The van der Waals surface area contributed by atoms with E-state index >= 15 is 0 Å². The molecule has 0 aliphatic rings. The Kier molecular flexibility index (Phi) is 8.99. The standard InChI is InChI=1S/C31H32N2O5S/c1-22-8-4-12-25(18-22)26-15-16-28(37-2)29(20-26)39(35,36)21-24-10-5-9-23(19-24)11-7-17-32-31(34)27-13-6-14-30(33-27)38-3/h4-6,8-10,12-16,18-20H,7,11,17,21H2,1-3H3,(H,32,34). The van der Waals surface area contributed by atoms with Crippen LogP contribution in [-0.2, 0) is 22.0 Å². The van der Waals surface area contributed by atoms with Crippen LogP contribution in [0.5, 0.6) is 11.6 Å². The van der Waals surface area contributed by atoms with Gasteiger partial charge in [-0.25, -0.2) is 13.4 Å². The van der Waals surface area contributed by atoms with E-state index in [1.54, 1.807) is 30.3 Å². The number of nitrogens with zero attached hydrogens (tertiary/aromatic N) is 1. The molecule has 8 heteroatoms. The Morgan fingerprint density at radius 1 is 0.846 bits per heavy atom. The quantitative estimate of drug-likeness (QED) is 0.254. The van der Waals surface area contributed by atoms with Gasteiger partial charge in [0.1, 0.15) is 16.3 Å². The second-order valence-corrected chi connectivity index (χ2v) is 11.2. The smallest absolute Gasteiger partial charge is 0.270 e. The van der Waals surface area contributed by atoms with E-state index in [2.05, 4.69) is 10.3 Å². The van der Waals surface area contributed by atoms with Crippen LogP contribution in [0, 0.1) is 6.92 Å². The molecule has 4 rings (SSSR count). The second kappa shape index (κ2) is 12.6. The number of rotatable bonds is 11. The molecule has 1 amide bonds. The maximum Gasteiger partial charge on any atom is 0.270 e. The molecule has 0 aliphatic heterocycles. The summed E-state index contributed by atoms with van der Waals surface area (Å²) in [5.41, 5.74) is 4.85. The molecule has 39 heavy (non-hydrogen) atoms. The molecule has 0 saturated heterocycles. The molecule has 1 N–H and O–H groups in total. The Morgan fingerprint density at radius 2 is 1.59 bits per heavy atom. The van der Waals surface area contributed by atoms with E-state index in [1.807, 2.05) is 61.5 Å². The first-order valence-corrected chi connectivity index (χ1v) is 14.3. The van der Waals surface area contributed by atoms with Gasteiger partial charge in [0.15, 0.2) is 9.84 Å². The van der Waals surface area contributed by atoms with E-state index < -0.39 is 9.84 Å². The topological polar surface area (TPSA) is 94.6 Å². The van der Waals surface area contributed by atoms with Gasteiger partial charge in [0.25, 0.3) is 5.91 Å². The fraction of sp³-hybridized carbons (Fsp3) is 0.226. The van der Waals surface area contributed by atoms with E-state index in [9.17, 15) is 13.2 Å². The molecule has 0 spiro atoms. The maximum atomic E-state index is 13.5. The lowest BCUT2D eigenvalue weighted by Crippen LogP contribution is -2.25. The molecule has 1 heterocycles. The SMILES string of the molecule is COc1cccc(C(=O)NCCCc2cccc(CS(=O)(=O)c3cc(-c4cccc(C)c4)ccc3OC)c2)n1. The summed E-state index contributed by atoms with van der Waals surface area (Å²) in [6, 6.07) is 25.8. The van der Waals surface area contributed by atoms with Crippen molar-refractivity contribution in [2.75, 3.05) is 20.8 Å². The first-order chi connectivity index (χ1) is 18.8. The van der Waals surface area contributed by atoms with Crippen LogP contribution in [0.3, 0.4) is 0 Å². The lowest BCUT2D eigenvalue weighted by molar-refractivity contribution is 0.0947.